The predicted octanol–water partition coefficient (Wildman–Crippen LogP) is 2.27. The van der Waals surface area contributed by atoms with E-state index in [1.807, 2.05) is 29.7 Å². The van der Waals surface area contributed by atoms with Crippen LogP contribution in [0.25, 0.3) is 0 Å². The zero-order valence-corrected chi connectivity index (χ0v) is 12.3. The summed E-state index contributed by atoms with van der Waals surface area (Å²) in [5, 5.41) is 8.96. The first-order chi connectivity index (χ1) is 7.93. The number of halogens is 1. The number of nitrogens with one attached hydrogen (secondary N) is 1. The number of hydrogen-bond donors (Lipinski definition) is 1. The quantitative estimate of drug-likeness (QED) is 0.854. The first-order valence-electron chi connectivity index (χ1n) is 5.67. The van der Waals surface area contributed by atoms with Crippen LogP contribution in [-0.2, 0) is 13.1 Å². The van der Waals surface area contributed by atoms with E-state index in [-0.39, 0.29) is 0 Å². The Hall–Kier alpha value is -0.810. The maximum absolute atomic E-state index is 6.10. The molecule has 0 spiro atoms. The fourth-order valence-corrected chi connectivity index (χ4v) is 1.87. The van der Waals surface area contributed by atoms with Gasteiger partial charge in [0.1, 0.15) is 5.69 Å². The Labute approximate surface area is 113 Å². The van der Waals surface area contributed by atoms with Gasteiger partial charge in [-0.1, -0.05) is 11.6 Å². The molecule has 17 heavy (non-hydrogen) atoms. The number of nitrogens with zero attached hydrogens (tertiary/aromatic N) is 3. The molecule has 0 aliphatic carbocycles. The van der Waals surface area contributed by atoms with Gasteiger partial charge in [0.25, 0.3) is 0 Å². The summed E-state index contributed by atoms with van der Waals surface area (Å²) < 4.78 is 1.82. The number of aromatic nitrogens is 2. The summed E-state index contributed by atoms with van der Waals surface area (Å²) >= 11 is 11.4. The molecule has 0 saturated heterocycles. The van der Waals surface area contributed by atoms with Crippen LogP contribution in [-0.4, -0.2) is 32.9 Å². The van der Waals surface area contributed by atoms with Gasteiger partial charge in [-0.2, -0.15) is 5.10 Å². The van der Waals surface area contributed by atoms with Crippen LogP contribution in [0.5, 0.6) is 0 Å². The van der Waals surface area contributed by atoms with E-state index in [0.29, 0.717) is 22.7 Å². The fourth-order valence-electron chi connectivity index (χ4n) is 1.36. The third kappa shape index (κ3) is 4.16. The molecule has 1 N–H and O–H groups in total. The molecule has 0 amide bonds. The maximum Gasteiger partial charge on any atom is 0.169 e. The second kappa shape index (κ2) is 6.21. The zero-order valence-electron chi connectivity index (χ0n) is 10.7. The molecule has 1 aromatic rings. The van der Waals surface area contributed by atoms with Crippen LogP contribution < -0.4 is 5.32 Å². The van der Waals surface area contributed by atoms with Gasteiger partial charge in [-0.15, -0.1) is 0 Å². The van der Waals surface area contributed by atoms with E-state index in [2.05, 4.69) is 24.3 Å². The predicted molar refractivity (Wildman–Crippen MR) is 75.2 cm³/mol. The highest BCUT2D eigenvalue weighted by Crippen LogP contribution is 2.15. The monoisotopic (exact) mass is 274 g/mol. The largest absolute Gasteiger partial charge is 0.360 e. The van der Waals surface area contributed by atoms with Crippen LogP contribution in [0.1, 0.15) is 26.5 Å². The molecule has 4 nitrogen and oxygen atoms in total. The SMILES string of the molecule is CCn1cc(Cl)c(CN(C)C(=S)NC(C)C)n1. The van der Waals surface area contributed by atoms with Crippen molar-refractivity contribution in [2.45, 2.75) is 39.9 Å². The van der Waals surface area contributed by atoms with Crippen LogP contribution in [0.3, 0.4) is 0 Å². The summed E-state index contributed by atoms with van der Waals surface area (Å²) in [6.45, 7) is 7.57. The molecule has 0 aliphatic rings. The van der Waals surface area contributed by atoms with Gasteiger partial charge in [-0.25, -0.2) is 0 Å². The standard InChI is InChI=1S/C11H19ClN4S/c1-5-16-6-9(12)10(14-16)7-15(4)11(17)13-8(2)3/h6,8H,5,7H2,1-4H3,(H,13,17). The molecular formula is C11H19ClN4S. The Morgan fingerprint density at radius 3 is 2.76 bits per heavy atom. The van der Waals surface area contributed by atoms with Gasteiger partial charge in [-0.3, -0.25) is 4.68 Å². The lowest BCUT2D eigenvalue weighted by molar-refractivity contribution is 0.468. The average molecular weight is 275 g/mol. The Morgan fingerprint density at radius 1 is 1.65 bits per heavy atom. The van der Waals surface area contributed by atoms with Crippen molar-refractivity contribution < 1.29 is 0 Å². The number of rotatable bonds is 4. The maximum atomic E-state index is 6.10. The Morgan fingerprint density at radius 2 is 2.29 bits per heavy atom. The van der Waals surface area contributed by atoms with Gasteiger partial charge in [0, 0.05) is 25.8 Å². The summed E-state index contributed by atoms with van der Waals surface area (Å²) in [5.74, 6) is 0. The first-order valence-corrected chi connectivity index (χ1v) is 6.46. The van der Waals surface area contributed by atoms with Crippen LogP contribution in [0.15, 0.2) is 6.20 Å². The fraction of sp³-hybridized carbons (Fsp3) is 0.636. The minimum atomic E-state index is 0.327. The van der Waals surface area contributed by atoms with Gasteiger partial charge < -0.3 is 10.2 Å². The summed E-state index contributed by atoms with van der Waals surface area (Å²) in [6, 6.07) is 0.327. The molecule has 6 heteroatoms. The van der Waals surface area contributed by atoms with Crippen molar-refractivity contribution in [3.05, 3.63) is 16.9 Å². The summed E-state index contributed by atoms with van der Waals surface area (Å²) in [7, 11) is 1.93. The molecule has 0 unspecified atom stereocenters. The van der Waals surface area contributed by atoms with Crippen LogP contribution in [0.4, 0.5) is 0 Å². The molecule has 0 atom stereocenters. The van der Waals surface area contributed by atoms with E-state index < -0.39 is 0 Å². The van der Waals surface area contributed by atoms with Crippen LogP contribution in [0, 0.1) is 0 Å². The van der Waals surface area contributed by atoms with Crippen molar-refractivity contribution >= 4 is 28.9 Å². The van der Waals surface area contributed by atoms with Gasteiger partial charge in [0.05, 0.1) is 11.6 Å². The van der Waals surface area contributed by atoms with Gasteiger partial charge in [-0.05, 0) is 33.0 Å². The summed E-state index contributed by atoms with van der Waals surface area (Å²) in [4.78, 5) is 1.93. The van der Waals surface area contributed by atoms with Crippen molar-refractivity contribution in [1.82, 2.24) is 20.0 Å². The van der Waals surface area contributed by atoms with Gasteiger partial charge in [0.2, 0.25) is 0 Å². The van der Waals surface area contributed by atoms with Crippen LogP contribution in [0.2, 0.25) is 5.02 Å². The highest BCUT2D eigenvalue weighted by atomic mass is 35.5. The molecule has 0 radical (unpaired) electrons. The Balaban J connectivity index is 2.63. The number of hydrogen-bond acceptors (Lipinski definition) is 2. The molecular weight excluding hydrogens is 256 g/mol. The first kappa shape index (κ1) is 14.3. The molecule has 1 heterocycles. The molecule has 1 aromatic heterocycles. The molecule has 0 saturated carbocycles. The topological polar surface area (TPSA) is 33.1 Å². The lowest BCUT2D eigenvalue weighted by Crippen LogP contribution is -2.40. The van der Waals surface area contributed by atoms with Crippen molar-refractivity contribution in [1.29, 1.82) is 0 Å². The van der Waals surface area contributed by atoms with Crippen molar-refractivity contribution in [3.8, 4) is 0 Å². The lowest BCUT2D eigenvalue weighted by atomic mass is 10.4. The number of aryl methyl sites for hydroxylation is 1. The molecule has 0 bridgehead atoms. The van der Waals surface area contributed by atoms with E-state index in [1.165, 1.54) is 0 Å². The highest BCUT2D eigenvalue weighted by Gasteiger charge is 2.11. The van der Waals surface area contributed by atoms with Crippen molar-refractivity contribution in [2.75, 3.05) is 7.05 Å². The molecule has 1 rings (SSSR count). The second-order valence-corrected chi connectivity index (χ2v) is 5.03. The smallest absolute Gasteiger partial charge is 0.169 e. The Kier molecular flexibility index (Phi) is 5.21. The molecule has 96 valence electrons. The van der Waals surface area contributed by atoms with Gasteiger partial charge in [0.15, 0.2) is 5.11 Å². The van der Waals surface area contributed by atoms with Crippen molar-refractivity contribution in [2.24, 2.45) is 0 Å². The van der Waals surface area contributed by atoms with Gasteiger partial charge >= 0.3 is 0 Å². The molecule has 0 aliphatic heterocycles. The van der Waals surface area contributed by atoms with E-state index >= 15 is 0 Å². The summed E-state index contributed by atoms with van der Waals surface area (Å²) in [5.41, 5.74) is 0.851. The third-order valence-electron chi connectivity index (χ3n) is 2.26. The average Bonchev–Trinajstić information content (AvgIpc) is 2.58. The third-order valence-corrected chi connectivity index (χ3v) is 3.00. The van der Waals surface area contributed by atoms with E-state index in [1.54, 1.807) is 0 Å². The molecule has 0 aromatic carbocycles. The van der Waals surface area contributed by atoms with Crippen molar-refractivity contribution in [3.63, 3.8) is 0 Å². The minimum Gasteiger partial charge on any atom is -0.360 e. The normalized spacial score (nSPS) is 10.7. The number of thiocarbonyl (C=S) groups is 1. The summed E-state index contributed by atoms with van der Waals surface area (Å²) in [6.07, 6.45) is 1.84. The Bertz CT molecular complexity index is 389. The van der Waals surface area contributed by atoms with Crippen LogP contribution >= 0.6 is 23.8 Å². The highest BCUT2D eigenvalue weighted by molar-refractivity contribution is 7.80. The minimum absolute atomic E-state index is 0.327. The molecule has 0 fully saturated rings. The zero-order chi connectivity index (χ0) is 13.0. The lowest BCUT2D eigenvalue weighted by Gasteiger charge is -2.22. The van der Waals surface area contributed by atoms with E-state index in [4.69, 9.17) is 23.8 Å². The second-order valence-electron chi connectivity index (χ2n) is 4.24. The van der Waals surface area contributed by atoms with E-state index in [9.17, 15) is 0 Å². The van der Waals surface area contributed by atoms with E-state index in [0.717, 1.165) is 12.2 Å².